The van der Waals surface area contributed by atoms with E-state index >= 15 is 0 Å². The summed E-state index contributed by atoms with van der Waals surface area (Å²) in [6.07, 6.45) is 0. The van der Waals surface area contributed by atoms with Crippen LogP contribution < -0.4 is 5.32 Å². The van der Waals surface area contributed by atoms with E-state index in [9.17, 15) is 14.7 Å². The molecule has 6 heteroatoms. The molecule has 3 rings (SSSR count). The number of rotatable bonds is 3. The first-order chi connectivity index (χ1) is 9.65. The summed E-state index contributed by atoms with van der Waals surface area (Å²) in [4.78, 5) is 26.8. The summed E-state index contributed by atoms with van der Waals surface area (Å²) in [5.41, 5.74) is 1.18. The standard InChI is InChI=1S/C14H17N3O3/c18-13(19)12-4-2-1-3-10(12)8-16-5-6-17-11(9-16)7-15-14(17)20/h1-4,11H,5-9H2,(H,15,20)(H,18,19). The fourth-order valence-corrected chi connectivity index (χ4v) is 2.92. The van der Waals surface area contributed by atoms with Crippen LogP contribution in [0.25, 0.3) is 0 Å². The number of carbonyl (C=O) groups is 2. The highest BCUT2D eigenvalue weighted by Crippen LogP contribution is 2.18. The number of hydrogen-bond donors (Lipinski definition) is 2. The zero-order valence-corrected chi connectivity index (χ0v) is 11.1. The zero-order chi connectivity index (χ0) is 14.1. The molecule has 1 aromatic carbocycles. The summed E-state index contributed by atoms with van der Waals surface area (Å²) >= 11 is 0. The van der Waals surface area contributed by atoms with E-state index < -0.39 is 5.97 Å². The first-order valence-electron chi connectivity index (χ1n) is 6.73. The minimum absolute atomic E-state index is 0.0144. The molecule has 2 aliphatic heterocycles. The summed E-state index contributed by atoms with van der Waals surface area (Å²) in [6, 6.07) is 7.31. The Balaban J connectivity index is 1.70. The van der Waals surface area contributed by atoms with Gasteiger partial charge in [-0.1, -0.05) is 18.2 Å². The van der Waals surface area contributed by atoms with Gasteiger partial charge in [-0.15, -0.1) is 0 Å². The zero-order valence-electron chi connectivity index (χ0n) is 11.1. The second-order valence-electron chi connectivity index (χ2n) is 5.23. The Morgan fingerprint density at radius 1 is 1.35 bits per heavy atom. The van der Waals surface area contributed by atoms with Crippen molar-refractivity contribution in [2.75, 3.05) is 26.2 Å². The van der Waals surface area contributed by atoms with E-state index in [1.54, 1.807) is 12.1 Å². The van der Waals surface area contributed by atoms with Crippen LogP contribution in [0.4, 0.5) is 4.79 Å². The number of hydrogen-bond acceptors (Lipinski definition) is 3. The van der Waals surface area contributed by atoms with Gasteiger partial charge in [0.05, 0.1) is 11.6 Å². The number of fused-ring (bicyclic) bond motifs is 1. The smallest absolute Gasteiger partial charge is 0.336 e. The van der Waals surface area contributed by atoms with Gasteiger partial charge >= 0.3 is 12.0 Å². The number of amides is 2. The van der Waals surface area contributed by atoms with Gasteiger partial charge in [0.15, 0.2) is 0 Å². The van der Waals surface area contributed by atoms with Crippen LogP contribution in [0.15, 0.2) is 24.3 Å². The third-order valence-electron chi connectivity index (χ3n) is 3.96. The molecule has 1 atom stereocenters. The number of nitrogens with zero attached hydrogens (tertiary/aromatic N) is 2. The first-order valence-corrected chi connectivity index (χ1v) is 6.73. The van der Waals surface area contributed by atoms with Gasteiger partial charge in [-0.25, -0.2) is 9.59 Å². The van der Waals surface area contributed by atoms with Gasteiger partial charge < -0.3 is 15.3 Å². The van der Waals surface area contributed by atoms with Crippen LogP contribution in [-0.4, -0.2) is 59.1 Å². The van der Waals surface area contributed by atoms with Crippen LogP contribution in [-0.2, 0) is 6.54 Å². The number of carboxylic acids is 1. The highest BCUT2D eigenvalue weighted by molar-refractivity contribution is 5.89. The average Bonchev–Trinajstić information content (AvgIpc) is 2.80. The summed E-state index contributed by atoms with van der Waals surface area (Å²) in [5, 5.41) is 12.0. The average molecular weight is 275 g/mol. The lowest BCUT2D eigenvalue weighted by molar-refractivity contribution is 0.0693. The lowest BCUT2D eigenvalue weighted by Crippen LogP contribution is -2.51. The maximum atomic E-state index is 11.5. The molecule has 0 bridgehead atoms. The van der Waals surface area contributed by atoms with E-state index in [4.69, 9.17) is 0 Å². The molecule has 1 aromatic rings. The molecule has 0 aromatic heterocycles. The van der Waals surface area contributed by atoms with Gasteiger partial charge in [-0.3, -0.25) is 4.90 Å². The minimum atomic E-state index is -0.892. The molecular formula is C14H17N3O3. The van der Waals surface area contributed by atoms with E-state index in [2.05, 4.69) is 10.2 Å². The number of carbonyl (C=O) groups excluding carboxylic acids is 1. The Morgan fingerprint density at radius 2 is 2.15 bits per heavy atom. The van der Waals surface area contributed by atoms with Crippen LogP contribution >= 0.6 is 0 Å². The highest BCUT2D eigenvalue weighted by Gasteiger charge is 2.35. The topological polar surface area (TPSA) is 72.9 Å². The van der Waals surface area contributed by atoms with Crippen molar-refractivity contribution in [3.63, 3.8) is 0 Å². The Labute approximate surface area is 117 Å². The van der Waals surface area contributed by atoms with Gasteiger partial charge in [0.1, 0.15) is 0 Å². The molecule has 2 fully saturated rings. The predicted molar refractivity (Wildman–Crippen MR) is 72.6 cm³/mol. The molecule has 0 saturated carbocycles. The van der Waals surface area contributed by atoms with E-state index in [-0.39, 0.29) is 12.1 Å². The Kier molecular flexibility index (Phi) is 3.31. The van der Waals surface area contributed by atoms with Crippen molar-refractivity contribution < 1.29 is 14.7 Å². The molecule has 20 heavy (non-hydrogen) atoms. The van der Waals surface area contributed by atoms with Crippen molar-refractivity contribution >= 4 is 12.0 Å². The fraction of sp³-hybridized carbons (Fsp3) is 0.429. The first kappa shape index (κ1) is 12.9. The van der Waals surface area contributed by atoms with Crippen molar-refractivity contribution in [3.05, 3.63) is 35.4 Å². The van der Waals surface area contributed by atoms with Crippen LogP contribution in [0.3, 0.4) is 0 Å². The van der Waals surface area contributed by atoms with Crippen LogP contribution in [0.1, 0.15) is 15.9 Å². The van der Waals surface area contributed by atoms with Crippen LogP contribution in [0.5, 0.6) is 0 Å². The summed E-state index contributed by atoms with van der Waals surface area (Å²) in [6.45, 7) is 3.55. The second-order valence-corrected chi connectivity index (χ2v) is 5.23. The normalized spacial score (nSPS) is 22.5. The van der Waals surface area contributed by atoms with Crippen molar-refractivity contribution in [2.45, 2.75) is 12.6 Å². The third-order valence-corrected chi connectivity index (χ3v) is 3.96. The number of piperazine rings is 1. The maximum Gasteiger partial charge on any atom is 0.336 e. The molecule has 2 saturated heterocycles. The highest BCUT2D eigenvalue weighted by atomic mass is 16.4. The van der Waals surface area contributed by atoms with E-state index in [0.29, 0.717) is 25.2 Å². The number of carboxylic acid groups (broad SMARTS) is 1. The summed E-state index contributed by atoms with van der Waals surface area (Å²) < 4.78 is 0. The Bertz CT molecular complexity index is 546. The molecule has 0 spiro atoms. The Morgan fingerprint density at radius 3 is 2.95 bits per heavy atom. The van der Waals surface area contributed by atoms with Gasteiger partial charge in [-0.2, -0.15) is 0 Å². The molecule has 2 aliphatic rings. The van der Waals surface area contributed by atoms with E-state index in [0.717, 1.165) is 18.7 Å². The molecule has 1 unspecified atom stereocenters. The largest absolute Gasteiger partial charge is 0.478 e. The van der Waals surface area contributed by atoms with Gasteiger partial charge in [0.2, 0.25) is 0 Å². The molecule has 2 N–H and O–H groups in total. The second kappa shape index (κ2) is 5.13. The van der Waals surface area contributed by atoms with E-state index in [1.165, 1.54) is 0 Å². The van der Waals surface area contributed by atoms with Crippen molar-refractivity contribution in [2.24, 2.45) is 0 Å². The lowest BCUT2D eigenvalue weighted by Gasteiger charge is -2.36. The fourth-order valence-electron chi connectivity index (χ4n) is 2.92. The quantitative estimate of drug-likeness (QED) is 0.847. The molecular weight excluding hydrogens is 258 g/mol. The van der Waals surface area contributed by atoms with Crippen molar-refractivity contribution in [1.82, 2.24) is 15.1 Å². The summed E-state index contributed by atoms with van der Waals surface area (Å²) in [5.74, 6) is -0.892. The summed E-state index contributed by atoms with van der Waals surface area (Å²) in [7, 11) is 0. The molecule has 2 heterocycles. The lowest BCUT2D eigenvalue weighted by atomic mass is 10.1. The molecule has 0 aliphatic carbocycles. The monoisotopic (exact) mass is 275 g/mol. The number of benzene rings is 1. The van der Waals surface area contributed by atoms with Crippen molar-refractivity contribution in [3.8, 4) is 0 Å². The van der Waals surface area contributed by atoms with Gasteiger partial charge in [0, 0.05) is 32.7 Å². The third kappa shape index (κ3) is 2.34. The molecule has 2 amide bonds. The van der Waals surface area contributed by atoms with Crippen LogP contribution in [0, 0.1) is 0 Å². The maximum absolute atomic E-state index is 11.5. The molecule has 0 radical (unpaired) electrons. The predicted octanol–water partition coefficient (Wildman–Crippen LogP) is 0.594. The minimum Gasteiger partial charge on any atom is -0.478 e. The van der Waals surface area contributed by atoms with E-state index in [1.807, 2.05) is 17.0 Å². The number of aromatic carboxylic acids is 1. The van der Waals surface area contributed by atoms with Gasteiger partial charge in [0.25, 0.3) is 0 Å². The Hall–Kier alpha value is -2.08. The van der Waals surface area contributed by atoms with Gasteiger partial charge in [-0.05, 0) is 11.6 Å². The number of nitrogens with one attached hydrogen (secondary N) is 1. The SMILES string of the molecule is O=C(O)c1ccccc1CN1CCN2C(=O)NCC2C1. The van der Waals surface area contributed by atoms with Crippen LogP contribution in [0.2, 0.25) is 0 Å². The molecule has 6 nitrogen and oxygen atoms in total. The molecule has 106 valence electrons. The number of urea groups is 1. The van der Waals surface area contributed by atoms with Crippen molar-refractivity contribution in [1.29, 1.82) is 0 Å².